The van der Waals surface area contributed by atoms with Gasteiger partial charge in [0.1, 0.15) is 5.92 Å². The fraction of sp³-hybridized carbons (Fsp3) is 0.250. The lowest BCUT2D eigenvalue weighted by Crippen LogP contribution is -2.72. The van der Waals surface area contributed by atoms with E-state index in [9.17, 15) is 27.9 Å². The second-order valence-electron chi connectivity index (χ2n) is 5.71. The van der Waals surface area contributed by atoms with E-state index >= 15 is 0 Å². The minimum Gasteiger partial charge on any atom is -0.363 e. The topological polar surface area (TPSA) is 78.4 Å². The largest absolute Gasteiger partial charge is 0.437 e. The first-order valence-corrected chi connectivity index (χ1v) is 9.02. The quantitative estimate of drug-likeness (QED) is 0.627. The molecule has 1 aromatic carbocycles. The van der Waals surface area contributed by atoms with Crippen molar-refractivity contribution in [3.63, 3.8) is 0 Å². The maximum absolute atomic E-state index is 13.7. The summed E-state index contributed by atoms with van der Waals surface area (Å²) < 4.78 is 41.6. The fourth-order valence-corrected chi connectivity index (χ4v) is 3.83. The summed E-state index contributed by atoms with van der Waals surface area (Å²) in [6, 6.07) is 6.42. The third-order valence-electron chi connectivity index (χ3n) is 4.08. The third-order valence-corrected chi connectivity index (χ3v) is 5.49. The van der Waals surface area contributed by atoms with E-state index in [0.717, 1.165) is 11.3 Å². The number of hydrogen-bond acceptors (Lipinski definition) is 4. The lowest BCUT2D eigenvalue weighted by Gasteiger charge is -2.44. The summed E-state index contributed by atoms with van der Waals surface area (Å²) >= 11 is 4.18. The molecule has 0 aliphatic carbocycles. The minimum atomic E-state index is -5.25. The first-order chi connectivity index (χ1) is 12.1. The van der Waals surface area contributed by atoms with Gasteiger partial charge in [0.25, 0.3) is 0 Å². The molecule has 1 saturated heterocycles. The molecule has 0 bridgehead atoms. The van der Waals surface area contributed by atoms with Crippen molar-refractivity contribution in [2.75, 3.05) is 0 Å². The van der Waals surface area contributed by atoms with Crippen molar-refractivity contribution in [2.45, 2.75) is 17.9 Å². The Kier molecular flexibility index (Phi) is 4.84. The van der Waals surface area contributed by atoms with E-state index < -0.39 is 35.7 Å². The van der Waals surface area contributed by atoms with E-state index in [-0.39, 0.29) is 10.4 Å². The van der Waals surface area contributed by atoms with Gasteiger partial charge in [-0.25, -0.2) is 4.79 Å². The number of alkyl halides is 3. The Labute approximate surface area is 158 Å². The zero-order valence-electron chi connectivity index (χ0n) is 12.9. The molecule has 0 radical (unpaired) electrons. The molecule has 0 saturated carbocycles. The molecule has 2 aromatic rings. The third kappa shape index (κ3) is 3.24. The van der Waals surface area contributed by atoms with Crippen molar-refractivity contribution < 1.29 is 27.9 Å². The van der Waals surface area contributed by atoms with Crippen LogP contribution in [-0.4, -0.2) is 28.8 Å². The summed E-state index contributed by atoms with van der Waals surface area (Å²) in [6.07, 6.45) is -5.25. The summed E-state index contributed by atoms with van der Waals surface area (Å²) in [5, 5.41) is 15.7. The molecular formula is C16H12BrF3N2O3S. The predicted molar refractivity (Wildman–Crippen MR) is 91.7 cm³/mol. The second-order valence-corrected chi connectivity index (χ2v) is 7.57. The molecule has 138 valence electrons. The fourth-order valence-electron chi connectivity index (χ4n) is 2.86. The SMILES string of the molecule is O=C1N[C@@H](c2ccc(Br)cc2)[C@H](C(=O)c2cccs2)[C@@](O)(C(F)(F)F)N1. The Balaban J connectivity index is 2.14. The Hall–Kier alpha value is -1.91. The Morgan fingerprint density at radius 3 is 2.42 bits per heavy atom. The summed E-state index contributed by atoms with van der Waals surface area (Å²) in [7, 11) is 0. The number of ketones is 1. The van der Waals surface area contributed by atoms with Crippen LogP contribution in [0.3, 0.4) is 0 Å². The van der Waals surface area contributed by atoms with E-state index in [4.69, 9.17) is 0 Å². The average molecular weight is 449 g/mol. The maximum Gasteiger partial charge on any atom is 0.437 e. The molecule has 2 heterocycles. The van der Waals surface area contributed by atoms with Crippen LogP contribution in [0.1, 0.15) is 21.3 Å². The molecule has 0 unspecified atom stereocenters. The zero-order valence-corrected chi connectivity index (χ0v) is 15.3. The highest BCUT2D eigenvalue weighted by Crippen LogP contribution is 2.44. The van der Waals surface area contributed by atoms with Crippen molar-refractivity contribution in [3.05, 3.63) is 56.7 Å². The van der Waals surface area contributed by atoms with Gasteiger partial charge in [-0.2, -0.15) is 13.2 Å². The lowest BCUT2D eigenvalue weighted by atomic mass is 9.78. The smallest absolute Gasteiger partial charge is 0.363 e. The zero-order chi connectivity index (χ0) is 19.1. The van der Waals surface area contributed by atoms with Crippen molar-refractivity contribution in [2.24, 2.45) is 5.92 Å². The van der Waals surface area contributed by atoms with Gasteiger partial charge in [-0.05, 0) is 29.1 Å². The van der Waals surface area contributed by atoms with E-state index in [1.54, 1.807) is 17.5 Å². The molecule has 26 heavy (non-hydrogen) atoms. The van der Waals surface area contributed by atoms with E-state index in [1.165, 1.54) is 29.6 Å². The van der Waals surface area contributed by atoms with Crippen LogP contribution >= 0.6 is 27.3 Å². The molecule has 1 aliphatic rings. The van der Waals surface area contributed by atoms with Crippen LogP contribution in [0.25, 0.3) is 0 Å². The molecule has 2 amide bonds. The predicted octanol–water partition coefficient (Wildman–Crippen LogP) is 3.61. The lowest BCUT2D eigenvalue weighted by molar-refractivity contribution is -0.287. The molecule has 5 nitrogen and oxygen atoms in total. The number of rotatable bonds is 3. The van der Waals surface area contributed by atoms with E-state index in [2.05, 4.69) is 21.2 Å². The molecule has 1 aromatic heterocycles. The minimum absolute atomic E-state index is 0.0535. The molecule has 3 atom stereocenters. The first-order valence-electron chi connectivity index (χ1n) is 7.34. The van der Waals surface area contributed by atoms with Crippen LogP contribution in [-0.2, 0) is 0 Å². The highest BCUT2D eigenvalue weighted by atomic mass is 79.9. The number of Topliss-reactive ketones (excluding diaryl/α,β-unsaturated/α-hetero) is 1. The Morgan fingerprint density at radius 2 is 1.88 bits per heavy atom. The van der Waals surface area contributed by atoms with Crippen molar-refractivity contribution in [3.8, 4) is 0 Å². The number of amides is 2. The number of hydrogen-bond donors (Lipinski definition) is 3. The summed E-state index contributed by atoms with van der Waals surface area (Å²) in [5.41, 5.74) is -3.44. The van der Waals surface area contributed by atoms with Crippen LogP contribution in [0.4, 0.5) is 18.0 Å². The molecular weight excluding hydrogens is 437 g/mol. The van der Waals surface area contributed by atoms with Crippen LogP contribution in [0.15, 0.2) is 46.3 Å². The van der Waals surface area contributed by atoms with Crippen LogP contribution < -0.4 is 10.6 Å². The highest BCUT2D eigenvalue weighted by Gasteiger charge is 2.66. The summed E-state index contributed by atoms with van der Waals surface area (Å²) in [4.78, 5) is 24.7. The standard InChI is InChI=1S/C16H12BrF3N2O3S/c17-9-5-3-8(4-6-9)12-11(13(23)10-2-1-7-26-10)15(25,16(18,19)20)22-14(24)21-12/h1-7,11-12,25H,(H2,21,22,24)/t11-,12+,15-/m1/s1. The van der Waals surface area contributed by atoms with Crippen LogP contribution in [0, 0.1) is 5.92 Å². The number of carbonyl (C=O) groups excluding carboxylic acids is 2. The second kappa shape index (κ2) is 6.67. The number of nitrogens with one attached hydrogen (secondary N) is 2. The number of carbonyl (C=O) groups is 2. The van der Waals surface area contributed by atoms with Gasteiger partial charge in [-0.15, -0.1) is 11.3 Å². The molecule has 3 N–H and O–H groups in total. The van der Waals surface area contributed by atoms with Gasteiger partial charge in [0, 0.05) is 4.47 Å². The number of halogens is 4. The monoisotopic (exact) mass is 448 g/mol. The van der Waals surface area contributed by atoms with Crippen molar-refractivity contribution in [1.29, 1.82) is 0 Å². The van der Waals surface area contributed by atoms with Crippen LogP contribution in [0.5, 0.6) is 0 Å². The van der Waals surface area contributed by atoms with E-state index in [0.29, 0.717) is 4.47 Å². The molecule has 1 aliphatic heterocycles. The van der Waals surface area contributed by atoms with Gasteiger partial charge in [0.15, 0.2) is 5.78 Å². The number of urea groups is 1. The molecule has 10 heteroatoms. The average Bonchev–Trinajstić information content (AvgIpc) is 3.08. The van der Waals surface area contributed by atoms with Gasteiger partial charge in [0.05, 0.1) is 10.9 Å². The van der Waals surface area contributed by atoms with Crippen molar-refractivity contribution in [1.82, 2.24) is 10.6 Å². The normalized spacial score (nSPS) is 26.1. The molecule has 3 rings (SSSR count). The summed E-state index contributed by atoms with van der Waals surface area (Å²) in [5.74, 6) is -2.92. The highest BCUT2D eigenvalue weighted by molar-refractivity contribution is 9.10. The molecule has 1 fully saturated rings. The van der Waals surface area contributed by atoms with Gasteiger partial charge >= 0.3 is 12.2 Å². The number of aliphatic hydroxyl groups is 1. The Bertz CT molecular complexity index is 826. The van der Waals surface area contributed by atoms with Gasteiger partial charge in [-0.1, -0.05) is 34.1 Å². The van der Waals surface area contributed by atoms with Crippen LogP contribution in [0.2, 0.25) is 0 Å². The number of benzene rings is 1. The number of thiophene rings is 1. The first kappa shape index (κ1) is 18.9. The van der Waals surface area contributed by atoms with Gasteiger partial charge in [0.2, 0.25) is 5.72 Å². The van der Waals surface area contributed by atoms with Crippen molar-refractivity contribution >= 4 is 39.1 Å². The van der Waals surface area contributed by atoms with Gasteiger partial charge < -0.3 is 15.7 Å². The summed E-state index contributed by atoms with van der Waals surface area (Å²) in [6.45, 7) is 0. The maximum atomic E-state index is 13.7. The Morgan fingerprint density at radius 1 is 1.23 bits per heavy atom. The van der Waals surface area contributed by atoms with Gasteiger partial charge in [-0.3, -0.25) is 4.79 Å². The van der Waals surface area contributed by atoms with E-state index in [1.807, 2.05) is 0 Å². The molecule has 0 spiro atoms.